The third kappa shape index (κ3) is 3.09. The molecule has 0 fully saturated rings. The Balaban J connectivity index is 2.13. The Bertz CT molecular complexity index is 636. The van der Waals surface area contributed by atoms with Gasteiger partial charge in [0.2, 0.25) is 0 Å². The van der Waals surface area contributed by atoms with Gasteiger partial charge in [0.1, 0.15) is 0 Å². The molecule has 0 heterocycles. The zero-order valence-electron chi connectivity index (χ0n) is 10.2. The third-order valence-corrected chi connectivity index (χ3v) is 2.65. The van der Waals surface area contributed by atoms with Gasteiger partial charge in [0, 0.05) is 24.4 Å². The fourth-order valence-corrected chi connectivity index (χ4v) is 1.68. The highest BCUT2D eigenvalue weighted by molar-refractivity contribution is 5.87. The van der Waals surface area contributed by atoms with Crippen LogP contribution in [0.15, 0.2) is 36.4 Å². The molecule has 0 aliphatic rings. The lowest BCUT2D eigenvalue weighted by atomic mass is 10.1. The number of benzene rings is 2. The molecular weight excluding hydrogens is 271 g/mol. The summed E-state index contributed by atoms with van der Waals surface area (Å²) in [6.45, 7) is 0.158. The topological polar surface area (TPSA) is 49.3 Å². The van der Waals surface area contributed by atoms with Crippen LogP contribution < -0.4 is 5.32 Å². The van der Waals surface area contributed by atoms with Gasteiger partial charge in [-0.3, -0.25) is 0 Å². The van der Waals surface area contributed by atoms with Crippen molar-refractivity contribution in [2.75, 3.05) is 5.32 Å². The van der Waals surface area contributed by atoms with Crippen LogP contribution in [-0.2, 0) is 6.54 Å². The zero-order chi connectivity index (χ0) is 14.7. The van der Waals surface area contributed by atoms with Crippen molar-refractivity contribution in [1.82, 2.24) is 0 Å². The van der Waals surface area contributed by atoms with Crippen LogP contribution in [0.2, 0.25) is 0 Å². The van der Waals surface area contributed by atoms with Crippen molar-refractivity contribution in [3.05, 3.63) is 65.0 Å². The SMILES string of the molecule is O=C(O)c1cccc(CNc2cc(F)c(F)c(F)c2)c1. The van der Waals surface area contributed by atoms with Crippen LogP contribution in [0.5, 0.6) is 0 Å². The van der Waals surface area contributed by atoms with Crippen LogP contribution in [0, 0.1) is 17.5 Å². The minimum absolute atomic E-state index is 0.0714. The molecule has 0 spiro atoms. The molecule has 0 aliphatic heterocycles. The highest BCUT2D eigenvalue weighted by Crippen LogP contribution is 2.18. The molecule has 2 rings (SSSR count). The molecule has 0 bridgehead atoms. The number of nitrogens with one attached hydrogen (secondary N) is 1. The molecule has 2 aromatic carbocycles. The van der Waals surface area contributed by atoms with Gasteiger partial charge in [-0.1, -0.05) is 12.1 Å². The highest BCUT2D eigenvalue weighted by atomic mass is 19.2. The summed E-state index contributed by atoms with van der Waals surface area (Å²) in [5.74, 6) is -5.16. The smallest absolute Gasteiger partial charge is 0.335 e. The van der Waals surface area contributed by atoms with Gasteiger partial charge in [-0.15, -0.1) is 0 Å². The number of hydrogen-bond acceptors (Lipinski definition) is 2. The fourth-order valence-electron chi connectivity index (χ4n) is 1.68. The second-order valence-corrected chi connectivity index (χ2v) is 4.11. The quantitative estimate of drug-likeness (QED) is 0.844. The van der Waals surface area contributed by atoms with Crippen molar-refractivity contribution in [1.29, 1.82) is 0 Å². The van der Waals surface area contributed by atoms with Crippen LogP contribution in [-0.4, -0.2) is 11.1 Å². The van der Waals surface area contributed by atoms with Gasteiger partial charge in [-0.05, 0) is 17.7 Å². The Morgan fingerprint density at radius 2 is 1.75 bits per heavy atom. The lowest BCUT2D eigenvalue weighted by Crippen LogP contribution is -2.03. The Hall–Kier alpha value is -2.50. The average molecular weight is 281 g/mol. The van der Waals surface area contributed by atoms with Crippen LogP contribution in [0.3, 0.4) is 0 Å². The van der Waals surface area contributed by atoms with Gasteiger partial charge < -0.3 is 10.4 Å². The van der Waals surface area contributed by atoms with Crippen molar-refractivity contribution in [2.24, 2.45) is 0 Å². The van der Waals surface area contributed by atoms with Crippen molar-refractivity contribution in [3.63, 3.8) is 0 Å². The molecule has 0 radical (unpaired) electrons. The average Bonchev–Trinajstić information content (AvgIpc) is 2.42. The van der Waals surface area contributed by atoms with E-state index in [1.54, 1.807) is 12.1 Å². The molecule has 0 aromatic heterocycles. The lowest BCUT2D eigenvalue weighted by Gasteiger charge is -2.08. The van der Waals surface area contributed by atoms with E-state index in [1.807, 2.05) is 0 Å². The molecule has 0 saturated carbocycles. The second-order valence-electron chi connectivity index (χ2n) is 4.11. The Morgan fingerprint density at radius 1 is 1.10 bits per heavy atom. The zero-order valence-corrected chi connectivity index (χ0v) is 10.2. The van der Waals surface area contributed by atoms with E-state index in [4.69, 9.17) is 5.11 Å². The first-order valence-corrected chi connectivity index (χ1v) is 5.68. The van der Waals surface area contributed by atoms with Crippen molar-refractivity contribution < 1.29 is 23.1 Å². The molecule has 2 aromatic rings. The summed E-state index contributed by atoms with van der Waals surface area (Å²) in [4.78, 5) is 10.8. The number of carboxylic acids is 1. The van der Waals surface area contributed by atoms with E-state index in [9.17, 15) is 18.0 Å². The maximum absolute atomic E-state index is 13.0. The van der Waals surface area contributed by atoms with E-state index in [1.165, 1.54) is 12.1 Å². The molecule has 2 N–H and O–H groups in total. The van der Waals surface area contributed by atoms with E-state index in [-0.39, 0.29) is 17.8 Å². The summed E-state index contributed by atoms with van der Waals surface area (Å²) in [5, 5.41) is 11.5. The first kappa shape index (κ1) is 13.9. The van der Waals surface area contributed by atoms with Gasteiger partial charge in [-0.25, -0.2) is 18.0 Å². The van der Waals surface area contributed by atoms with Crippen LogP contribution in [0.1, 0.15) is 15.9 Å². The van der Waals surface area contributed by atoms with E-state index in [2.05, 4.69) is 5.32 Å². The van der Waals surface area contributed by atoms with E-state index < -0.39 is 23.4 Å². The molecule has 6 heteroatoms. The van der Waals surface area contributed by atoms with E-state index >= 15 is 0 Å². The first-order valence-electron chi connectivity index (χ1n) is 5.68. The van der Waals surface area contributed by atoms with Crippen molar-refractivity contribution >= 4 is 11.7 Å². The summed E-state index contributed by atoms with van der Waals surface area (Å²) in [6, 6.07) is 7.76. The highest BCUT2D eigenvalue weighted by Gasteiger charge is 2.10. The van der Waals surface area contributed by atoms with Gasteiger partial charge in [0.05, 0.1) is 5.56 Å². The van der Waals surface area contributed by atoms with E-state index in [0.29, 0.717) is 5.56 Å². The molecule has 0 aliphatic carbocycles. The van der Waals surface area contributed by atoms with Crippen LogP contribution in [0.25, 0.3) is 0 Å². The number of rotatable bonds is 4. The molecule has 104 valence electrons. The summed E-state index contributed by atoms with van der Waals surface area (Å²) < 4.78 is 38.8. The molecule has 0 saturated heterocycles. The van der Waals surface area contributed by atoms with Gasteiger partial charge in [-0.2, -0.15) is 0 Å². The van der Waals surface area contributed by atoms with Gasteiger partial charge in [0.25, 0.3) is 0 Å². The maximum Gasteiger partial charge on any atom is 0.335 e. The Kier molecular flexibility index (Phi) is 3.93. The predicted molar refractivity (Wildman–Crippen MR) is 67.0 cm³/mol. The van der Waals surface area contributed by atoms with E-state index in [0.717, 1.165) is 12.1 Å². The standard InChI is InChI=1S/C14H10F3NO2/c15-11-5-10(6-12(16)13(11)17)18-7-8-2-1-3-9(4-8)14(19)20/h1-6,18H,7H2,(H,19,20). The number of carbonyl (C=O) groups is 1. The lowest BCUT2D eigenvalue weighted by molar-refractivity contribution is 0.0696. The Labute approximate surface area is 112 Å². The maximum atomic E-state index is 13.0. The number of carboxylic acid groups (broad SMARTS) is 1. The van der Waals surface area contributed by atoms with Gasteiger partial charge >= 0.3 is 5.97 Å². The number of hydrogen-bond donors (Lipinski definition) is 2. The summed E-state index contributed by atoms with van der Waals surface area (Å²) in [6.07, 6.45) is 0. The minimum atomic E-state index is -1.52. The molecule has 0 atom stereocenters. The first-order chi connectivity index (χ1) is 9.47. The molecule has 0 unspecified atom stereocenters. The summed E-state index contributed by atoms with van der Waals surface area (Å²) in [5.41, 5.74) is 0.804. The minimum Gasteiger partial charge on any atom is -0.478 e. The molecular formula is C14H10F3NO2. The van der Waals surface area contributed by atoms with Crippen LogP contribution >= 0.6 is 0 Å². The number of halogens is 3. The Morgan fingerprint density at radius 3 is 2.35 bits per heavy atom. The predicted octanol–water partition coefficient (Wildman–Crippen LogP) is 3.41. The normalized spacial score (nSPS) is 10.3. The third-order valence-electron chi connectivity index (χ3n) is 2.65. The molecule has 20 heavy (non-hydrogen) atoms. The van der Waals surface area contributed by atoms with Crippen molar-refractivity contribution in [2.45, 2.75) is 6.54 Å². The number of aromatic carboxylic acids is 1. The van der Waals surface area contributed by atoms with Gasteiger partial charge in [0.15, 0.2) is 17.5 Å². The van der Waals surface area contributed by atoms with Crippen molar-refractivity contribution in [3.8, 4) is 0 Å². The largest absolute Gasteiger partial charge is 0.478 e. The molecule has 0 amide bonds. The van der Waals surface area contributed by atoms with Crippen LogP contribution in [0.4, 0.5) is 18.9 Å². The monoisotopic (exact) mass is 281 g/mol. The number of anilines is 1. The second kappa shape index (κ2) is 5.64. The molecule has 3 nitrogen and oxygen atoms in total. The summed E-state index contributed by atoms with van der Waals surface area (Å²) >= 11 is 0. The fraction of sp³-hybridized carbons (Fsp3) is 0.0714. The summed E-state index contributed by atoms with van der Waals surface area (Å²) in [7, 11) is 0.